The predicted molar refractivity (Wildman–Crippen MR) is 62.6 cm³/mol. The number of hydrogen-bond donors (Lipinski definition) is 0. The first-order valence-electron chi connectivity index (χ1n) is 5.85. The van der Waals surface area contributed by atoms with E-state index in [0.29, 0.717) is 6.04 Å². The lowest BCUT2D eigenvalue weighted by Crippen LogP contribution is -2.39. The maximum absolute atomic E-state index is 2.66. The Labute approximate surface area is 89.3 Å². The molecule has 0 N–H and O–H groups in total. The first kappa shape index (κ1) is 12.0. The van der Waals surface area contributed by atoms with Gasteiger partial charge in [-0.2, -0.15) is 0 Å². The van der Waals surface area contributed by atoms with Crippen LogP contribution in [0.15, 0.2) is 0 Å². The van der Waals surface area contributed by atoms with Crippen LogP contribution < -0.4 is 0 Å². The molecule has 2 atom stereocenters. The fourth-order valence-corrected chi connectivity index (χ4v) is 2.49. The van der Waals surface area contributed by atoms with Crippen LogP contribution in [0.3, 0.4) is 0 Å². The molecular weight excluding hydrogens is 172 g/mol. The Balaban J connectivity index is 2.65. The Morgan fingerprint density at radius 1 is 1.14 bits per heavy atom. The molecule has 0 radical (unpaired) electrons. The van der Waals surface area contributed by atoms with Gasteiger partial charge in [-0.15, -0.1) is 0 Å². The van der Waals surface area contributed by atoms with Gasteiger partial charge in [-0.05, 0) is 40.3 Å². The zero-order chi connectivity index (χ0) is 10.9. The third-order valence-electron chi connectivity index (χ3n) is 3.52. The van der Waals surface area contributed by atoms with Crippen molar-refractivity contribution in [2.75, 3.05) is 20.6 Å². The van der Waals surface area contributed by atoms with Crippen LogP contribution in [0.25, 0.3) is 0 Å². The van der Waals surface area contributed by atoms with E-state index in [1.807, 2.05) is 0 Å². The second-order valence-corrected chi connectivity index (χ2v) is 5.46. The van der Waals surface area contributed by atoms with Crippen LogP contribution in [-0.2, 0) is 0 Å². The largest absolute Gasteiger partial charge is 0.305 e. The van der Waals surface area contributed by atoms with Crippen LogP contribution in [0, 0.1) is 5.92 Å². The fourth-order valence-electron chi connectivity index (χ4n) is 2.49. The third kappa shape index (κ3) is 2.48. The van der Waals surface area contributed by atoms with Crippen LogP contribution in [0.2, 0.25) is 0 Å². The van der Waals surface area contributed by atoms with Crippen molar-refractivity contribution in [2.45, 2.75) is 52.2 Å². The lowest BCUT2D eigenvalue weighted by molar-refractivity contribution is 0.162. The van der Waals surface area contributed by atoms with Crippen LogP contribution in [0.1, 0.15) is 34.1 Å². The molecule has 1 rings (SSSR count). The van der Waals surface area contributed by atoms with E-state index in [1.54, 1.807) is 0 Å². The van der Waals surface area contributed by atoms with Gasteiger partial charge in [0.25, 0.3) is 0 Å². The molecule has 84 valence electrons. The average Bonchev–Trinajstić information content (AvgIpc) is 2.47. The highest BCUT2D eigenvalue weighted by molar-refractivity contribution is 4.92. The Bertz CT molecular complexity index is 159. The van der Waals surface area contributed by atoms with E-state index < -0.39 is 0 Å². The number of hydrogen-bond acceptors (Lipinski definition) is 2. The van der Waals surface area contributed by atoms with E-state index in [4.69, 9.17) is 0 Å². The van der Waals surface area contributed by atoms with Gasteiger partial charge in [0.1, 0.15) is 0 Å². The quantitative estimate of drug-likeness (QED) is 0.685. The highest BCUT2D eigenvalue weighted by atomic mass is 15.3. The van der Waals surface area contributed by atoms with Crippen molar-refractivity contribution in [3.8, 4) is 0 Å². The molecule has 0 spiro atoms. The first-order valence-corrected chi connectivity index (χ1v) is 5.85. The molecule has 0 aromatic heterocycles. The van der Waals surface area contributed by atoms with E-state index in [-0.39, 0.29) is 0 Å². The monoisotopic (exact) mass is 198 g/mol. The highest BCUT2D eigenvalue weighted by Crippen LogP contribution is 2.27. The molecule has 1 aliphatic rings. The predicted octanol–water partition coefficient (Wildman–Crippen LogP) is 2.06. The summed E-state index contributed by atoms with van der Waals surface area (Å²) in [5, 5.41) is 0. The molecular formula is C12H26N2. The molecule has 2 unspecified atom stereocenters. The summed E-state index contributed by atoms with van der Waals surface area (Å²) in [6.45, 7) is 10.6. The van der Waals surface area contributed by atoms with E-state index in [9.17, 15) is 0 Å². The van der Waals surface area contributed by atoms with E-state index >= 15 is 0 Å². The zero-order valence-corrected chi connectivity index (χ0v) is 10.6. The maximum Gasteiger partial charge on any atom is 0.0232 e. The van der Waals surface area contributed by atoms with Gasteiger partial charge in [-0.25, -0.2) is 0 Å². The van der Waals surface area contributed by atoms with Crippen LogP contribution in [0.5, 0.6) is 0 Å². The van der Waals surface area contributed by atoms with Crippen LogP contribution >= 0.6 is 0 Å². The molecule has 0 aliphatic carbocycles. The number of likely N-dealkylation sites (tertiary alicyclic amines) is 1. The summed E-state index contributed by atoms with van der Waals surface area (Å²) < 4.78 is 0. The van der Waals surface area contributed by atoms with Gasteiger partial charge in [0.05, 0.1) is 0 Å². The summed E-state index contributed by atoms with van der Waals surface area (Å²) in [5.41, 5.74) is 0. The van der Waals surface area contributed by atoms with Crippen molar-refractivity contribution in [3.05, 3.63) is 0 Å². The molecule has 2 nitrogen and oxygen atoms in total. The van der Waals surface area contributed by atoms with Crippen LogP contribution in [-0.4, -0.2) is 48.6 Å². The molecule has 1 saturated heterocycles. The summed E-state index contributed by atoms with van der Waals surface area (Å²) in [5.74, 6) is 0.780. The summed E-state index contributed by atoms with van der Waals surface area (Å²) >= 11 is 0. The maximum atomic E-state index is 2.66. The average molecular weight is 198 g/mol. The van der Waals surface area contributed by atoms with E-state index in [2.05, 4.69) is 51.6 Å². The fraction of sp³-hybridized carbons (Fsp3) is 1.00. The molecule has 0 aromatic rings. The van der Waals surface area contributed by atoms with E-state index in [0.717, 1.165) is 18.0 Å². The highest BCUT2D eigenvalue weighted by Gasteiger charge is 2.35. The second-order valence-electron chi connectivity index (χ2n) is 5.46. The Morgan fingerprint density at radius 3 is 2.00 bits per heavy atom. The molecule has 0 saturated carbocycles. The third-order valence-corrected chi connectivity index (χ3v) is 3.52. The summed E-state index contributed by atoms with van der Waals surface area (Å²) in [6.07, 6.45) is 1.34. The molecule has 14 heavy (non-hydrogen) atoms. The lowest BCUT2D eigenvalue weighted by Gasteiger charge is -2.30. The van der Waals surface area contributed by atoms with Gasteiger partial charge in [0.2, 0.25) is 0 Å². The minimum atomic E-state index is 0.687. The van der Waals surface area contributed by atoms with Gasteiger partial charge in [0, 0.05) is 24.7 Å². The zero-order valence-electron chi connectivity index (χ0n) is 10.6. The summed E-state index contributed by atoms with van der Waals surface area (Å²) in [7, 11) is 4.40. The normalized spacial score (nSPS) is 29.8. The Hall–Kier alpha value is -0.0800. The smallest absolute Gasteiger partial charge is 0.0232 e. The molecule has 1 aliphatic heterocycles. The molecule has 2 heteroatoms. The van der Waals surface area contributed by atoms with Gasteiger partial charge >= 0.3 is 0 Å². The minimum Gasteiger partial charge on any atom is -0.305 e. The Morgan fingerprint density at radius 2 is 1.71 bits per heavy atom. The first-order chi connectivity index (χ1) is 6.43. The van der Waals surface area contributed by atoms with Gasteiger partial charge in [-0.3, -0.25) is 4.90 Å². The SMILES string of the molecule is CC(C)C1CC(N(C)C)CN1C(C)C. The summed E-state index contributed by atoms with van der Waals surface area (Å²) in [6, 6.07) is 2.22. The number of likely N-dealkylation sites (N-methyl/N-ethyl adjacent to an activating group) is 1. The number of rotatable bonds is 3. The van der Waals surface area contributed by atoms with Gasteiger partial charge < -0.3 is 4.90 Å². The molecule has 0 aromatic carbocycles. The Kier molecular flexibility index (Phi) is 3.96. The molecule has 1 heterocycles. The minimum absolute atomic E-state index is 0.687. The molecule has 1 fully saturated rings. The lowest BCUT2D eigenvalue weighted by atomic mass is 10.00. The second kappa shape index (κ2) is 4.63. The topological polar surface area (TPSA) is 6.48 Å². The van der Waals surface area contributed by atoms with Crippen molar-refractivity contribution < 1.29 is 0 Å². The van der Waals surface area contributed by atoms with Crippen LogP contribution in [0.4, 0.5) is 0 Å². The molecule has 0 bridgehead atoms. The number of nitrogens with zero attached hydrogens (tertiary/aromatic N) is 2. The van der Waals surface area contributed by atoms with Crippen molar-refractivity contribution in [2.24, 2.45) is 5.92 Å². The van der Waals surface area contributed by atoms with Crippen molar-refractivity contribution >= 4 is 0 Å². The van der Waals surface area contributed by atoms with Crippen molar-refractivity contribution in [1.29, 1.82) is 0 Å². The molecule has 0 amide bonds. The summed E-state index contributed by atoms with van der Waals surface area (Å²) in [4.78, 5) is 5.03. The van der Waals surface area contributed by atoms with Gasteiger partial charge in [0.15, 0.2) is 0 Å². The standard InChI is InChI=1S/C12H26N2/c1-9(2)12-7-11(13(5)6)8-14(12)10(3)4/h9-12H,7-8H2,1-6H3. The van der Waals surface area contributed by atoms with Crippen molar-refractivity contribution in [1.82, 2.24) is 9.80 Å². The van der Waals surface area contributed by atoms with Crippen molar-refractivity contribution in [3.63, 3.8) is 0 Å². The van der Waals surface area contributed by atoms with E-state index in [1.165, 1.54) is 13.0 Å². The van der Waals surface area contributed by atoms with Gasteiger partial charge in [-0.1, -0.05) is 13.8 Å².